The number of aromatic hydroxyl groups is 1. The van der Waals surface area contributed by atoms with E-state index in [1.807, 2.05) is 0 Å². The molecule has 0 spiro atoms. The molecule has 2 saturated carbocycles. The monoisotopic (exact) mass is 499 g/mol. The normalized spacial score (nSPS) is 18.5. The lowest BCUT2D eigenvalue weighted by Gasteiger charge is -2.27. The Kier molecular flexibility index (Phi) is 13.0. The van der Waals surface area contributed by atoms with Gasteiger partial charge in [0.25, 0.3) is 0 Å². The van der Waals surface area contributed by atoms with Gasteiger partial charge in [0.2, 0.25) is 0 Å². The van der Waals surface area contributed by atoms with Crippen LogP contribution in [0.3, 0.4) is 0 Å². The summed E-state index contributed by atoms with van der Waals surface area (Å²) in [7, 11) is -3.91. The van der Waals surface area contributed by atoms with Gasteiger partial charge < -0.3 is 34.1 Å². The lowest BCUT2D eigenvalue weighted by Crippen LogP contribution is -2.95. The zero-order valence-electron chi connectivity index (χ0n) is 20.7. The van der Waals surface area contributed by atoms with E-state index >= 15 is 0 Å². The highest BCUT2D eigenvalue weighted by Gasteiger charge is 2.37. The first-order valence-corrected chi connectivity index (χ1v) is 14.4. The summed E-state index contributed by atoms with van der Waals surface area (Å²) in [6.07, 6.45) is 15.0. The van der Waals surface area contributed by atoms with Crippen LogP contribution in [0, 0.1) is 0 Å². The van der Waals surface area contributed by atoms with Crippen molar-refractivity contribution in [1.29, 1.82) is 0 Å². The van der Waals surface area contributed by atoms with E-state index in [4.69, 9.17) is 13.8 Å². The molecule has 1 aromatic carbocycles. The quantitative estimate of drug-likeness (QED) is 0.448. The van der Waals surface area contributed by atoms with Crippen molar-refractivity contribution in [2.24, 2.45) is 0 Å². The van der Waals surface area contributed by atoms with Gasteiger partial charge in [-0.05, 0) is 77.3 Å². The van der Waals surface area contributed by atoms with Crippen LogP contribution < -0.4 is 15.2 Å². The molecule has 0 saturated heterocycles. The number of phenols is 1. The number of phenolic OH excluding ortho intramolecular Hbond substituents is 1. The number of carbonyl (C=O) groups is 1. The van der Waals surface area contributed by atoms with Crippen LogP contribution in [-0.4, -0.2) is 48.6 Å². The number of quaternary nitrogens is 1. The average Bonchev–Trinajstić information content (AvgIpc) is 2.82. The van der Waals surface area contributed by atoms with Gasteiger partial charge in [-0.1, -0.05) is 25.0 Å². The molecule has 1 unspecified atom stereocenters. The Hall–Kier alpha value is -1.60. The number of aliphatic carboxylic acids is 1. The van der Waals surface area contributed by atoms with Gasteiger partial charge in [-0.15, -0.1) is 0 Å². The van der Waals surface area contributed by atoms with Gasteiger partial charge >= 0.3 is 7.60 Å². The molecule has 1 atom stereocenters. The molecule has 2 aliphatic rings. The summed E-state index contributed by atoms with van der Waals surface area (Å²) in [6, 6.07) is 8.02. The van der Waals surface area contributed by atoms with Gasteiger partial charge in [-0.2, -0.15) is 0 Å². The van der Waals surface area contributed by atoms with E-state index in [-0.39, 0.29) is 24.7 Å². The maximum Gasteiger partial charge on any atom is 0.342 e. The molecule has 0 aliphatic heterocycles. The van der Waals surface area contributed by atoms with Crippen LogP contribution in [0.25, 0.3) is 0 Å². The molecule has 0 bridgehead atoms. The number of nitrogens with two attached hydrogens (primary N) is 1. The number of rotatable bonds is 11. The van der Waals surface area contributed by atoms with Crippen molar-refractivity contribution in [2.45, 2.75) is 95.8 Å². The Balaban J connectivity index is 0.000000266. The summed E-state index contributed by atoms with van der Waals surface area (Å²) < 4.78 is 27.6. The van der Waals surface area contributed by atoms with Crippen molar-refractivity contribution in [3.8, 4) is 11.5 Å². The predicted octanol–water partition coefficient (Wildman–Crippen LogP) is 3.37. The Labute approximate surface area is 203 Å². The topological polar surface area (TPSA) is 122 Å². The summed E-state index contributed by atoms with van der Waals surface area (Å²) in [6.45, 7) is 2.69. The van der Waals surface area contributed by atoms with Gasteiger partial charge in [0.05, 0.1) is 31.3 Å². The fraction of sp³-hybridized carbons (Fsp3) is 0.720. The zero-order chi connectivity index (χ0) is 24.8. The Morgan fingerprint density at radius 3 is 1.94 bits per heavy atom. The first kappa shape index (κ1) is 28.6. The van der Waals surface area contributed by atoms with E-state index in [0.717, 1.165) is 12.1 Å². The van der Waals surface area contributed by atoms with Crippen molar-refractivity contribution in [1.82, 2.24) is 0 Å². The minimum Gasteiger partial charge on any atom is -0.549 e. The molecule has 194 valence electrons. The van der Waals surface area contributed by atoms with E-state index in [2.05, 4.69) is 5.32 Å². The summed E-state index contributed by atoms with van der Waals surface area (Å²) in [5.74, 6) is -1.68. The number of carboxylic acids is 1. The minimum absolute atomic E-state index is 0.0254. The SMILES string of the molecule is C1CCC([NH2+]C2CCCCC2)CC1.CCOP(=O)(OCC)C(COc1ccccc1O)C(=O)[O-]. The highest BCUT2D eigenvalue weighted by atomic mass is 31.2. The van der Waals surface area contributed by atoms with Crippen molar-refractivity contribution in [3.63, 3.8) is 0 Å². The summed E-state index contributed by atoms with van der Waals surface area (Å²) >= 11 is 0. The van der Waals surface area contributed by atoms with Crippen LogP contribution in [0.4, 0.5) is 0 Å². The second-order valence-electron chi connectivity index (χ2n) is 8.98. The van der Waals surface area contributed by atoms with Crippen LogP contribution >= 0.6 is 7.60 Å². The Morgan fingerprint density at radius 1 is 1.00 bits per heavy atom. The third kappa shape index (κ3) is 9.57. The van der Waals surface area contributed by atoms with Crippen LogP contribution in [0.5, 0.6) is 11.5 Å². The number of carboxylic acid groups (broad SMARTS) is 1. The van der Waals surface area contributed by atoms with Gasteiger partial charge in [0.1, 0.15) is 12.3 Å². The minimum atomic E-state index is -3.91. The van der Waals surface area contributed by atoms with Gasteiger partial charge in [-0.3, -0.25) is 4.57 Å². The smallest absolute Gasteiger partial charge is 0.342 e. The molecule has 8 nitrogen and oxygen atoms in total. The van der Waals surface area contributed by atoms with E-state index in [1.165, 1.54) is 76.3 Å². The standard InChI is InChI=1S/C13H19O7P.C12H23N/c1-3-19-21(17,20-4-2)12(13(15)16)9-18-11-8-6-5-7-10(11)14;1-3-7-11(8-4-1)13-12-9-5-2-6-10-12/h5-8,12,14H,3-4,9H2,1-2H3,(H,15,16);11-13H,1-10H2. The van der Waals surface area contributed by atoms with E-state index < -0.39 is 25.8 Å². The van der Waals surface area contributed by atoms with Crippen LogP contribution in [-0.2, 0) is 18.4 Å². The first-order chi connectivity index (χ1) is 16.4. The van der Waals surface area contributed by atoms with Gasteiger partial charge in [-0.25, -0.2) is 0 Å². The Bertz CT molecular complexity index is 737. The lowest BCUT2D eigenvalue weighted by atomic mass is 9.91. The molecule has 3 rings (SSSR count). The number of hydrogen-bond donors (Lipinski definition) is 2. The summed E-state index contributed by atoms with van der Waals surface area (Å²) in [4.78, 5) is 11.2. The van der Waals surface area contributed by atoms with Gasteiger partial charge in [0.15, 0.2) is 11.5 Å². The predicted molar refractivity (Wildman–Crippen MR) is 129 cm³/mol. The molecular weight excluding hydrogens is 457 g/mol. The largest absolute Gasteiger partial charge is 0.549 e. The summed E-state index contributed by atoms with van der Waals surface area (Å²) in [5, 5.41) is 23.5. The molecule has 0 amide bonds. The second kappa shape index (κ2) is 15.4. The molecular formula is C25H42NO7P. The molecule has 0 aromatic heterocycles. The number of para-hydroxylation sites is 2. The summed E-state index contributed by atoms with van der Waals surface area (Å²) in [5.41, 5.74) is -1.59. The molecule has 0 radical (unpaired) electrons. The zero-order valence-corrected chi connectivity index (χ0v) is 21.5. The van der Waals surface area contributed by atoms with Gasteiger partial charge in [0, 0.05) is 0 Å². The fourth-order valence-corrected chi connectivity index (χ4v) is 6.32. The van der Waals surface area contributed by atoms with Crippen LogP contribution in [0.1, 0.15) is 78.1 Å². The average molecular weight is 500 g/mol. The molecule has 2 fully saturated rings. The number of carbonyl (C=O) groups excluding carboxylic acids is 1. The highest BCUT2D eigenvalue weighted by Crippen LogP contribution is 2.53. The fourth-order valence-electron chi connectivity index (χ4n) is 4.65. The van der Waals surface area contributed by atoms with E-state index in [1.54, 1.807) is 26.0 Å². The Morgan fingerprint density at radius 2 is 1.50 bits per heavy atom. The van der Waals surface area contributed by atoms with E-state index in [9.17, 15) is 19.6 Å². The van der Waals surface area contributed by atoms with E-state index in [0.29, 0.717) is 0 Å². The molecule has 0 heterocycles. The van der Waals surface area contributed by atoms with Crippen molar-refractivity contribution >= 4 is 13.6 Å². The molecule has 3 N–H and O–H groups in total. The molecule has 1 aromatic rings. The highest BCUT2D eigenvalue weighted by molar-refractivity contribution is 7.55. The molecule has 9 heteroatoms. The number of benzene rings is 1. The van der Waals surface area contributed by atoms with Crippen LogP contribution in [0.15, 0.2) is 24.3 Å². The molecule has 2 aliphatic carbocycles. The van der Waals surface area contributed by atoms with Crippen LogP contribution in [0.2, 0.25) is 0 Å². The molecule has 34 heavy (non-hydrogen) atoms. The van der Waals surface area contributed by atoms with Crippen molar-refractivity contribution in [3.05, 3.63) is 24.3 Å². The third-order valence-corrected chi connectivity index (χ3v) is 8.74. The number of ether oxygens (including phenoxy) is 1. The van der Waals surface area contributed by atoms with Crippen molar-refractivity contribution in [2.75, 3.05) is 19.8 Å². The first-order valence-electron chi connectivity index (χ1n) is 12.7. The number of hydrogen-bond acceptors (Lipinski definition) is 7. The second-order valence-corrected chi connectivity index (χ2v) is 11.2. The lowest BCUT2D eigenvalue weighted by molar-refractivity contribution is -0.725. The maximum atomic E-state index is 12.5. The maximum absolute atomic E-state index is 12.5. The van der Waals surface area contributed by atoms with Crippen molar-refractivity contribution < 1.29 is 38.7 Å². The third-order valence-electron chi connectivity index (χ3n) is 6.38.